The van der Waals surface area contributed by atoms with E-state index in [0.717, 1.165) is 16.9 Å². The molecule has 2 aliphatic heterocycles. The standard InChI is InChI=1S/C25H28N2O6/c1-2-14-33-18-10-8-17(9-11-18)21-19-20(25(15-28,26-21)24(31)32)23(30)27(22(19)29)13-12-16-6-4-3-5-7-16/h3-11,19-21,26,28H,2,12-15H2,1H3,(H,31,32). The highest BCUT2D eigenvalue weighted by Crippen LogP contribution is 2.48. The highest BCUT2D eigenvalue weighted by molar-refractivity contribution is 6.09. The lowest BCUT2D eigenvalue weighted by molar-refractivity contribution is -0.153. The lowest BCUT2D eigenvalue weighted by Gasteiger charge is -2.29. The van der Waals surface area contributed by atoms with Gasteiger partial charge in [-0.3, -0.25) is 24.6 Å². The number of fused-ring (bicyclic) bond motifs is 1. The van der Waals surface area contributed by atoms with Gasteiger partial charge in [0.2, 0.25) is 11.8 Å². The molecule has 4 rings (SSSR count). The maximum Gasteiger partial charge on any atom is 0.327 e. The van der Waals surface area contributed by atoms with Crippen molar-refractivity contribution in [3.8, 4) is 5.75 Å². The fourth-order valence-corrected chi connectivity index (χ4v) is 4.86. The normalized spacial score (nSPS) is 26.5. The summed E-state index contributed by atoms with van der Waals surface area (Å²) in [5, 5.41) is 23.0. The Morgan fingerprint density at radius 1 is 1.09 bits per heavy atom. The number of carbonyl (C=O) groups is 3. The number of aliphatic carboxylic acids is 1. The van der Waals surface area contributed by atoms with Crippen molar-refractivity contribution in [2.45, 2.75) is 31.3 Å². The number of carboxylic acids is 1. The predicted octanol–water partition coefficient (Wildman–Crippen LogP) is 1.78. The average molecular weight is 453 g/mol. The highest BCUT2D eigenvalue weighted by atomic mass is 16.5. The van der Waals surface area contributed by atoms with Gasteiger partial charge in [-0.05, 0) is 36.1 Å². The van der Waals surface area contributed by atoms with Crippen molar-refractivity contribution >= 4 is 17.8 Å². The second kappa shape index (κ2) is 9.33. The number of hydrogen-bond acceptors (Lipinski definition) is 6. The molecule has 8 nitrogen and oxygen atoms in total. The number of imide groups is 1. The van der Waals surface area contributed by atoms with Crippen molar-refractivity contribution < 1.29 is 29.3 Å². The van der Waals surface area contributed by atoms with Crippen LogP contribution in [0.1, 0.15) is 30.5 Å². The number of rotatable bonds is 9. The maximum absolute atomic E-state index is 13.4. The second-order valence-electron chi connectivity index (χ2n) is 8.54. The Hall–Kier alpha value is -3.23. The number of benzene rings is 2. The monoisotopic (exact) mass is 452 g/mol. The number of aliphatic hydroxyl groups excluding tert-OH is 1. The van der Waals surface area contributed by atoms with Crippen LogP contribution < -0.4 is 10.1 Å². The third kappa shape index (κ3) is 4.00. The van der Waals surface area contributed by atoms with E-state index in [-0.39, 0.29) is 6.54 Å². The number of carbonyl (C=O) groups excluding carboxylic acids is 2. The summed E-state index contributed by atoms with van der Waals surface area (Å²) in [6, 6.07) is 15.8. The van der Waals surface area contributed by atoms with Gasteiger partial charge in [-0.2, -0.15) is 0 Å². The summed E-state index contributed by atoms with van der Waals surface area (Å²) in [6.45, 7) is 1.93. The van der Waals surface area contributed by atoms with E-state index in [4.69, 9.17) is 4.74 Å². The van der Waals surface area contributed by atoms with E-state index < -0.39 is 47.8 Å². The van der Waals surface area contributed by atoms with Crippen LogP contribution >= 0.6 is 0 Å². The molecule has 2 aliphatic rings. The number of nitrogens with one attached hydrogen (secondary N) is 1. The molecule has 0 spiro atoms. The largest absolute Gasteiger partial charge is 0.494 e. The fraction of sp³-hybridized carbons (Fsp3) is 0.400. The fourth-order valence-electron chi connectivity index (χ4n) is 4.86. The Morgan fingerprint density at radius 3 is 2.39 bits per heavy atom. The Morgan fingerprint density at radius 2 is 1.79 bits per heavy atom. The van der Waals surface area contributed by atoms with Crippen LogP contribution in [0.3, 0.4) is 0 Å². The summed E-state index contributed by atoms with van der Waals surface area (Å²) in [6.07, 6.45) is 1.33. The van der Waals surface area contributed by atoms with Crippen LogP contribution in [0, 0.1) is 11.8 Å². The number of hydrogen-bond donors (Lipinski definition) is 3. The molecule has 2 aromatic rings. The first-order chi connectivity index (χ1) is 15.9. The van der Waals surface area contributed by atoms with Gasteiger partial charge in [0.1, 0.15) is 5.75 Å². The topological polar surface area (TPSA) is 116 Å². The van der Waals surface area contributed by atoms with Crippen molar-refractivity contribution in [3.63, 3.8) is 0 Å². The van der Waals surface area contributed by atoms with E-state index in [0.29, 0.717) is 24.3 Å². The zero-order valence-corrected chi connectivity index (χ0v) is 18.4. The molecule has 8 heteroatoms. The van der Waals surface area contributed by atoms with Crippen LogP contribution in [-0.2, 0) is 20.8 Å². The van der Waals surface area contributed by atoms with Gasteiger partial charge in [0, 0.05) is 12.6 Å². The van der Waals surface area contributed by atoms with Gasteiger partial charge in [-0.15, -0.1) is 0 Å². The molecule has 0 saturated carbocycles. The Balaban J connectivity index is 1.64. The molecule has 0 aliphatic carbocycles. The molecule has 3 N–H and O–H groups in total. The molecule has 0 radical (unpaired) electrons. The zero-order valence-electron chi connectivity index (χ0n) is 18.4. The Labute approximate surface area is 192 Å². The van der Waals surface area contributed by atoms with Crippen molar-refractivity contribution in [2.24, 2.45) is 11.8 Å². The van der Waals surface area contributed by atoms with E-state index in [2.05, 4.69) is 5.32 Å². The minimum atomic E-state index is -1.93. The molecular weight excluding hydrogens is 424 g/mol. The summed E-state index contributed by atoms with van der Waals surface area (Å²) in [5.74, 6) is -3.77. The summed E-state index contributed by atoms with van der Waals surface area (Å²) in [7, 11) is 0. The minimum Gasteiger partial charge on any atom is -0.494 e. The van der Waals surface area contributed by atoms with Crippen LogP contribution in [-0.4, -0.2) is 58.2 Å². The highest BCUT2D eigenvalue weighted by Gasteiger charge is 2.68. The molecule has 2 aromatic carbocycles. The van der Waals surface area contributed by atoms with Crippen LogP contribution in [0.4, 0.5) is 0 Å². The van der Waals surface area contributed by atoms with Gasteiger partial charge in [0.05, 0.1) is 25.0 Å². The molecule has 0 bridgehead atoms. The van der Waals surface area contributed by atoms with E-state index in [9.17, 15) is 24.6 Å². The van der Waals surface area contributed by atoms with Crippen LogP contribution in [0.15, 0.2) is 54.6 Å². The number of amides is 2. The molecule has 4 unspecified atom stereocenters. The number of aliphatic hydroxyl groups is 1. The molecule has 174 valence electrons. The zero-order chi connectivity index (χ0) is 23.6. The van der Waals surface area contributed by atoms with Crippen molar-refractivity contribution in [3.05, 3.63) is 65.7 Å². The quantitative estimate of drug-likeness (QED) is 0.497. The first kappa shape index (κ1) is 22.9. The van der Waals surface area contributed by atoms with Crippen LogP contribution in [0.25, 0.3) is 0 Å². The van der Waals surface area contributed by atoms with Gasteiger partial charge < -0.3 is 14.9 Å². The Kier molecular flexibility index (Phi) is 6.49. The van der Waals surface area contributed by atoms with Crippen molar-refractivity contribution in [1.82, 2.24) is 10.2 Å². The van der Waals surface area contributed by atoms with Gasteiger partial charge in [0.25, 0.3) is 0 Å². The maximum atomic E-state index is 13.4. The molecule has 33 heavy (non-hydrogen) atoms. The van der Waals surface area contributed by atoms with Gasteiger partial charge >= 0.3 is 5.97 Å². The lowest BCUT2D eigenvalue weighted by atomic mass is 9.79. The molecule has 2 fully saturated rings. The average Bonchev–Trinajstić information content (AvgIpc) is 3.31. The summed E-state index contributed by atoms with van der Waals surface area (Å²) >= 11 is 0. The summed E-state index contributed by atoms with van der Waals surface area (Å²) in [5.41, 5.74) is -0.295. The third-order valence-corrected chi connectivity index (χ3v) is 6.56. The molecule has 2 saturated heterocycles. The van der Waals surface area contributed by atoms with Crippen LogP contribution in [0.5, 0.6) is 5.75 Å². The van der Waals surface area contributed by atoms with E-state index >= 15 is 0 Å². The molecular formula is C25H28N2O6. The number of likely N-dealkylation sites (tertiary alicyclic amines) is 1. The van der Waals surface area contributed by atoms with Gasteiger partial charge in [0.15, 0.2) is 5.54 Å². The van der Waals surface area contributed by atoms with E-state index in [1.165, 1.54) is 0 Å². The second-order valence-corrected chi connectivity index (χ2v) is 8.54. The molecule has 2 heterocycles. The number of ether oxygens (including phenoxy) is 1. The van der Waals surface area contributed by atoms with Gasteiger partial charge in [-0.25, -0.2) is 0 Å². The minimum absolute atomic E-state index is 0.159. The smallest absolute Gasteiger partial charge is 0.327 e. The SMILES string of the molecule is CCCOc1ccc(C2NC(CO)(C(=O)O)C3C(=O)N(CCc4ccccc4)C(=O)C23)cc1. The third-order valence-electron chi connectivity index (χ3n) is 6.56. The van der Waals surface area contributed by atoms with E-state index in [1.807, 2.05) is 37.3 Å². The van der Waals surface area contributed by atoms with Crippen molar-refractivity contribution in [2.75, 3.05) is 19.8 Å². The van der Waals surface area contributed by atoms with Gasteiger partial charge in [-0.1, -0.05) is 49.4 Å². The summed E-state index contributed by atoms with van der Waals surface area (Å²) < 4.78 is 5.61. The summed E-state index contributed by atoms with van der Waals surface area (Å²) in [4.78, 5) is 40.1. The molecule has 2 amide bonds. The van der Waals surface area contributed by atoms with Crippen LogP contribution in [0.2, 0.25) is 0 Å². The molecule has 0 aromatic heterocycles. The van der Waals surface area contributed by atoms with Crippen molar-refractivity contribution in [1.29, 1.82) is 0 Å². The first-order valence-corrected chi connectivity index (χ1v) is 11.2. The van der Waals surface area contributed by atoms with E-state index in [1.54, 1.807) is 24.3 Å². The molecule has 4 atom stereocenters. The lowest BCUT2D eigenvalue weighted by Crippen LogP contribution is -2.58. The number of carboxylic acid groups (broad SMARTS) is 1. The first-order valence-electron chi connectivity index (χ1n) is 11.2. The predicted molar refractivity (Wildman–Crippen MR) is 119 cm³/mol. The number of nitrogens with zero attached hydrogens (tertiary/aromatic N) is 1. The Bertz CT molecular complexity index is 1020.